The molecule has 0 bridgehead atoms. The Morgan fingerprint density at radius 3 is 2.79 bits per heavy atom. The fourth-order valence-corrected chi connectivity index (χ4v) is 1.77. The first-order chi connectivity index (χ1) is 9.22. The van der Waals surface area contributed by atoms with Gasteiger partial charge in [0.05, 0.1) is 12.5 Å². The van der Waals surface area contributed by atoms with E-state index >= 15 is 0 Å². The van der Waals surface area contributed by atoms with E-state index in [0.29, 0.717) is 18.9 Å². The van der Waals surface area contributed by atoms with Crippen molar-refractivity contribution in [2.24, 2.45) is 11.1 Å². The van der Waals surface area contributed by atoms with Gasteiger partial charge in [0.1, 0.15) is 12.4 Å². The highest BCUT2D eigenvalue weighted by atomic mass is 16.7. The molecule has 19 heavy (non-hydrogen) atoms. The number of para-hydroxylation sites is 1. The topological polar surface area (TPSA) is 57.1 Å². The molecule has 1 aliphatic rings. The molecule has 0 fully saturated rings. The first kappa shape index (κ1) is 13.4. The number of ether oxygens (including phenoxy) is 2. The summed E-state index contributed by atoms with van der Waals surface area (Å²) in [5, 5.41) is 3.79. The van der Waals surface area contributed by atoms with Gasteiger partial charge in [-0.3, -0.25) is 0 Å². The highest BCUT2D eigenvalue weighted by molar-refractivity contribution is 6.37. The average Bonchev–Trinajstić information content (AvgIpc) is 2.79. The van der Waals surface area contributed by atoms with Crippen LogP contribution in [0.2, 0.25) is 0 Å². The third kappa shape index (κ3) is 3.24. The standard InChI is InChI=1S/C14H17NO4/c1-3-17-14(16)13-10(2)12(19-15-13)9-18-11-7-5-4-6-8-11/h4-8,10,12H,3,9H2,1-2H3. The molecule has 2 atom stereocenters. The summed E-state index contributed by atoms with van der Waals surface area (Å²) < 4.78 is 10.5. The molecule has 2 rings (SSSR count). The number of nitrogens with zero attached hydrogens (tertiary/aromatic N) is 1. The lowest BCUT2D eigenvalue weighted by molar-refractivity contribution is -0.135. The lowest BCUT2D eigenvalue weighted by Crippen LogP contribution is -2.31. The smallest absolute Gasteiger partial charge is 0.356 e. The molecule has 0 radical (unpaired) electrons. The number of oxime groups is 1. The molecule has 1 heterocycles. The second-order valence-corrected chi connectivity index (χ2v) is 4.25. The van der Waals surface area contributed by atoms with Crippen molar-refractivity contribution in [1.82, 2.24) is 0 Å². The second-order valence-electron chi connectivity index (χ2n) is 4.25. The Labute approximate surface area is 112 Å². The first-order valence-electron chi connectivity index (χ1n) is 6.31. The highest BCUT2D eigenvalue weighted by Crippen LogP contribution is 2.20. The van der Waals surface area contributed by atoms with Crippen molar-refractivity contribution >= 4 is 11.7 Å². The van der Waals surface area contributed by atoms with Crippen molar-refractivity contribution in [3.63, 3.8) is 0 Å². The molecule has 1 aromatic carbocycles. The van der Waals surface area contributed by atoms with Crippen LogP contribution in [-0.4, -0.2) is 31.0 Å². The molecule has 1 aliphatic heterocycles. The Kier molecular flexibility index (Phi) is 4.39. The molecule has 0 saturated carbocycles. The minimum atomic E-state index is -0.419. The van der Waals surface area contributed by atoms with Crippen molar-refractivity contribution < 1.29 is 19.1 Å². The van der Waals surface area contributed by atoms with E-state index in [1.54, 1.807) is 6.92 Å². The lowest BCUT2D eigenvalue weighted by atomic mass is 10.0. The predicted molar refractivity (Wildman–Crippen MR) is 70.0 cm³/mol. The van der Waals surface area contributed by atoms with Crippen molar-refractivity contribution in [3.8, 4) is 5.75 Å². The summed E-state index contributed by atoms with van der Waals surface area (Å²) in [7, 11) is 0. The highest BCUT2D eigenvalue weighted by Gasteiger charge is 2.36. The van der Waals surface area contributed by atoms with E-state index in [9.17, 15) is 4.79 Å². The van der Waals surface area contributed by atoms with Gasteiger partial charge in [0.25, 0.3) is 0 Å². The third-order valence-corrected chi connectivity index (χ3v) is 2.92. The van der Waals surface area contributed by atoms with Crippen LogP contribution in [0.5, 0.6) is 5.75 Å². The Morgan fingerprint density at radius 1 is 1.37 bits per heavy atom. The summed E-state index contributed by atoms with van der Waals surface area (Å²) >= 11 is 0. The molecule has 0 amide bonds. The number of carbonyl (C=O) groups is 1. The number of esters is 1. The monoisotopic (exact) mass is 263 g/mol. The third-order valence-electron chi connectivity index (χ3n) is 2.92. The van der Waals surface area contributed by atoms with Crippen LogP contribution in [-0.2, 0) is 14.4 Å². The Bertz CT molecular complexity index is 458. The maximum absolute atomic E-state index is 11.6. The maximum atomic E-state index is 11.6. The molecular weight excluding hydrogens is 246 g/mol. The van der Waals surface area contributed by atoms with Gasteiger partial charge in [-0.05, 0) is 19.1 Å². The second kappa shape index (κ2) is 6.22. The summed E-state index contributed by atoms with van der Waals surface area (Å²) in [5.41, 5.74) is 0.323. The fourth-order valence-electron chi connectivity index (χ4n) is 1.77. The van der Waals surface area contributed by atoms with Gasteiger partial charge in [-0.15, -0.1) is 0 Å². The van der Waals surface area contributed by atoms with Crippen molar-refractivity contribution in [2.45, 2.75) is 20.0 Å². The van der Waals surface area contributed by atoms with E-state index in [0.717, 1.165) is 5.75 Å². The predicted octanol–water partition coefficient (Wildman–Crippen LogP) is 2.02. The van der Waals surface area contributed by atoms with Gasteiger partial charge in [0.15, 0.2) is 11.8 Å². The number of hydrogen-bond donors (Lipinski definition) is 0. The van der Waals surface area contributed by atoms with Gasteiger partial charge in [0, 0.05) is 0 Å². The van der Waals surface area contributed by atoms with Crippen LogP contribution in [0.3, 0.4) is 0 Å². The molecule has 0 aromatic heterocycles. The van der Waals surface area contributed by atoms with Gasteiger partial charge < -0.3 is 14.3 Å². The zero-order chi connectivity index (χ0) is 13.7. The minimum Gasteiger partial charge on any atom is -0.490 e. The summed E-state index contributed by atoms with van der Waals surface area (Å²) in [4.78, 5) is 16.8. The van der Waals surface area contributed by atoms with Gasteiger partial charge in [-0.2, -0.15) is 0 Å². The van der Waals surface area contributed by atoms with E-state index in [-0.39, 0.29) is 12.0 Å². The number of carbonyl (C=O) groups excluding carboxylic acids is 1. The molecule has 0 saturated heterocycles. The lowest BCUT2D eigenvalue weighted by Gasteiger charge is -2.15. The molecule has 0 N–H and O–H groups in total. The molecule has 1 aromatic rings. The molecule has 5 heteroatoms. The van der Waals surface area contributed by atoms with Crippen LogP contribution in [0.1, 0.15) is 13.8 Å². The summed E-state index contributed by atoms with van der Waals surface area (Å²) in [6.07, 6.45) is -0.264. The normalized spacial score (nSPS) is 21.5. The largest absolute Gasteiger partial charge is 0.490 e. The molecule has 2 unspecified atom stereocenters. The van der Waals surface area contributed by atoms with Crippen LogP contribution in [0.25, 0.3) is 0 Å². The zero-order valence-corrected chi connectivity index (χ0v) is 11.0. The van der Waals surface area contributed by atoms with Gasteiger partial charge in [0.2, 0.25) is 0 Å². The molecule has 0 spiro atoms. The van der Waals surface area contributed by atoms with E-state index in [1.807, 2.05) is 37.3 Å². The molecule has 0 aliphatic carbocycles. The van der Waals surface area contributed by atoms with Crippen LogP contribution < -0.4 is 4.74 Å². The summed E-state index contributed by atoms with van der Waals surface area (Å²) in [5.74, 6) is 0.211. The summed E-state index contributed by atoms with van der Waals surface area (Å²) in [6.45, 7) is 4.31. The molecule has 5 nitrogen and oxygen atoms in total. The van der Waals surface area contributed by atoms with E-state index in [1.165, 1.54) is 0 Å². The fraction of sp³-hybridized carbons (Fsp3) is 0.429. The van der Waals surface area contributed by atoms with Crippen molar-refractivity contribution in [1.29, 1.82) is 0 Å². The maximum Gasteiger partial charge on any atom is 0.356 e. The average molecular weight is 263 g/mol. The molecule has 102 valence electrons. The Balaban J connectivity index is 1.86. The van der Waals surface area contributed by atoms with E-state index in [2.05, 4.69) is 5.16 Å². The first-order valence-corrected chi connectivity index (χ1v) is 6.31. The van der Waals surface area contributed by atoms with Crippen LogP contribution >= 0.6 is 0 Å². The molecular formula is C14H17NO4. The van der Waals surface area contributed by atoms with Crippen LogP contribution in [0.15, 0.2) is 35.5 Å². The Hall–Kier alpha value is -2.04. The van der Waals surface area contributed by atoms with E-state index < -0.39 is 5.97 Å². The van der Waals surface area contributed by atoms with Gasteiger partial charge in [-0.1, -0.05) is 30.3 Å². The minimum absolute atomic E-state index is 0.136. The van der Waals surface area contributed by atoms with Gasteiger partial charge in [-0.25, -0.2) is 4.79 Å². The van der Waals surface area contributed by atoms with Crippen molar-refractivity contribution in [2.75, 3.05) is 13.2 Å². The number of hydrogen-bond acceptors (Lipinski definition) is 5. The quantitative estimate of drug-likeness (QED) is 0.763. The SMILES string of the molecule is CCOC(=O)C1=NOC(COc2ccccc2)C1C. The van der Waals surface area contributed by atoms with E-state index in [4.69, 9.17) is 14.3 Å². The van der Waals surface area contributed by atoms with Crippen LogP contribution in [0, 0.1) is 5.92 Å². The Morgan fingerprint density at radius 2 is 2.11 bits per heavy atom. The van der Waals surface area contributed by atoms with Crippen molar-refractivity contribution in [3.05, 3.63) is 30.3 Å². The number of benzene rings is 1. The summed E-state index contributed by atoms with van der Waals surface area (Å²) in [6, 6.07) is 9.45. The van der Waals surface area contributed by atoms with Gasteiger partial charge >= 0.3 is 5.97 Å². The number of rotatable bonds is 5. The van der Waals surface area contributed by atoms with Crippen LogP contribution in [0.4, 0.5) is 0 Å². The zero-order valence-electron chi connectivity index (χ0n) is 11.0.